The van der Waals surface area contributed by atoms with Crippen LogP contribution in [0.4, 0.5) is 0 Å². The standard InChI is InChI=1S/C11H24N2O/c1-3-10(6-7-14)13-11(2,8-12)9-4-5-9/h9-10,13-14H,3-8,12H2,1-2H3. The largest absolute Gasteiger partial charge is 0.396 e. The fourth-order valence-corrected chi connectivity index (χ4v) is 2.06. The summed E-state index contributed by atoms with van der Waals surface area (Å²) in [6.07, 6.45) is 4.49. The number of hydrogen-bond donors (Lipinski definition) is 3. The second kappa shape index (κ2) is 5.10. The van der Waals surface area contributed by atoms with Crippen molar-refractivity contribution in [3.05, 3.63) is 0 Å². The van der Waals surface area contributed by atoms with E-state index in [1.54, 1.807) is 0 Å². The molecule has 0 radical (unpaired) electrons. The highest BCUT2D eigenvalue weighted by Crippen LogP contribution is 2.39. The summed E-state index contributed by atoms with van der Waals surface area (Å²) in [7, 11) is 0. The Morgan fingerprint density at radius 3 is 2.57 bits per heavy atom. The minimum atomic E-state index is 0.0931. The highest BCUT2D eigenvalue weighted by atomic mass is 16.3. The molecule has 1 aliphatic carbocycles. The van der Waals surface area contributed by atoms with E-state index in [9.17, 15) is 0 Å². The van der Waals surface area contributed by atoms with Crippen molar-refractivity contribution in [2.75, 3.05) is 13.2 Å². The minimum absolute atomic E-state index is 0.0931. The molecule has 0 aromatic carbocycles. The Hall–Kier alpha value is -0.120. The Morgan fingerprint density at radius 2 is 2.21 bits per heavy atom. The maximum Gasteiger partial charge on any atom is 0.0445 e. The molecule has 0 aromatic heterocycles. The van der Waals surface area contributed by atoms with Crippen LogP contribution in [0.25, 0.3) is 0 Å². The van der Waals surface area contributed by atoms with Gasteiger partial charge in [-0.3, -0.25) is 0 Å². The number of rotatable bonds is 7. The first kappa shape index (κ1) is 12.0. The Labute approximate surface area is 87.1 Å². The van der Waals surface area contributed by atoms with E-state index in [4.69, 9.17) is 10.8 Å². The third-order valence-corrected chi connectivity index (χ3v) is 3.41. The fourth-order valence-electron chi connectivity index (χ4n) is 2.06. The van der Waals surface area contributed by atoms with E-state index in [2.05, 4.69) is 19.2 Å². The number of aliphatic hydroxyl groups excluding tert-OH is 1. The zero-order valence-electron chi connectivity index (χ0n) is 9.42. The van der Waals surface area contributed by atoms with Crippen LogP contribution in [0.3, 0.4) is 0 Å². The van der Waals surface area contributed by atoms with Crippen LogP contribution in [-0.4, -0.2) is 29.8 Å². The lowest BCUT2D eigenvalue weighted by molar-refractivity contribution is 0.221. The Balaban J connectivity index is 2.44. The molecule has 3 nitrogen and oxygen atoms in total. The third-order valence-electron chi connectivity index (χ3n) is 3.41. The molecule has 1 saturated carbocycles. The van der Waals surface area contributed by atoms with Crippen molar-refractivity contribution < 1.29 is 5.11 Å². The van der Waals surface area contributed by atoms with Crippen molar-refractivity contribution in [2.24, 2.45) is 11.7 Å². The topological polar surface area (TPSA) is 58.3 Å². The number of nitrogens with one attached hydrogen (secondary N) is 1. The van der Waals surface area contributed by atoms with Crippen LogP contribution in [0.1, 0.15) is 39.5 Å². The molecular weight excluding hydrogens is 176 g/mol. The predicted molar refractivity (Wildman–Crippen MR) is 59.1 cm³/mol. The molecule has 1 fully saturated rings. The van der Waals surface area contributed by atoms with Gasteiger partial charge in [-0.25, -0.2) is 0 Å². The summed E-state index contributed by atoms with van der Waals surface area (Å²) in [5.41, 5.74) is 5.92. The molecule has 2 atom stereocenters. The Bertz CT molecular complexity index is 171. The van der Waals surface area contributed by atoms with Gasteiger partial charge in [0.25, 0.3) is 0 Å². The SMILES string of the molecule is CCC(CCO)NC(C)(CN)C1CC1. The summed E-state index contributed by atoms with van der Waals surface area (Å²) in [5.74, 6) is 0.750. The molecule has 0 heterocycles. The molecule has 0 bridgehead atoms. The van der Waals surface area contributed by atoms with Crippen molar-refractivity contribution in [1.29, 1.82) is 0 Å². The van der Waals surface area contributed by atoms with Gasteiger partial charge in [0.15, 0.2) is 0 Å². The molecular formula is C11H24N2O. The van der Waals surface area contributed by atoms with Crippen LogP contribution in [0.5, 0.6) is 0 Å². The molecule has 14 heavy (non-hydrogen) atoms. The third kappa shape index (κ3) is 2.94. The molecule has 0 amide bonds. The monoisotopic (exact) mass is 200 g/mol. The van der Waals surface area contributed by atoms with Gasteiger partial charge in [0.1, 0.15) is 0 Å². The maximum atomic E-state index is 8.92. The first-order valence-corrected chi connectivity index (χ1v) is 5.75. The van der Waals surface area contributed by atoms with Crippen molar-refractivity contribution in [1.82, 2.24) is 5.32 Å². The van der Waals surface area contributed by atoms with Crippen LogP contribution in [0, 0.1) is 5.92 Å². The van der Waals surface area contributed by atoms with Crippen LogP contribution >= 0.6 is 0 Å². The van der Waals surface area contributed by atoms with Gasteiger partial charge in [0.2, 0.25) is 0 Å². The Kier molecular flexibility index (Phi) is 4.35. The van der Waals surface area contributed by atoms with Gasteiger partial charge in [-0.2, -0.15) is 0 Å². The van der Waals surface area contributed by atoms with E-state index in [-0.39, 0.29) is 12.1 Å². The van der Waals surface area contributed by atoms with Crippen LogP contribution in [0.15, 0.2) is 0 Å². The van der Waals surface area contributed by atoms with Gasteiger partial charge in [-0.05, 0) is 38.5 Å². The summed E-state index contributed by atoms with van der Waals surface area (Å²) in [4.78, 5) is 0. The van der Waals surface area contributed by atoms with Gasteiger partial charge < -0.3 is 16.2 Å². The van der Waals surface area contributed by atoms with E-state index >= 15 is 0 Å². The van der Waals surface area contributed by atoms with Gasteiger partial charge in [0, 0.05) is 24.7 Å². The summed E-state index contributed by atoms with van der Waals surface area (Å²) < 4.78 is 0. The number of hydrogen-bond acceptors (Lipinski definition) is 3. The lowest BCUT2D eigenvalue weighted by atomic mass is 9.93. The second-order valence-electron chi connectivity index (χ2n) is 4.66. The molecule has 1 aliphatic rings. The molecule has 0 aliphatic heterocycles. The van der Waals surface area contributed by atoms with Gasteiger partial charge in [0.05, 0.1) is 0 Å². The summed E-state index contributed by atoms with van der Waals surface area (Å²) >= 11 is 0. The van der Waals surface area contributed by atoms with E-state index in [0.29, 0.717) is 12.6 Å². The average molecular weight is 200 g/mol. The quantitative estimate of drug-likeness (QED) is 0.571. The number of aliphatic hydroxyl groups is 1. The fraction of sp³-hybridized carbons (Fsp3) is 1.00. The molecule has 84 valence electrons. The van der Waals surface area contributed by atoms with Gasteiger partial charge in [-0.15, -0.1) is 0 Å². The number of nitrogens with two attached hydrogens (primary N) is 1. The smallest absolute Gasteiger partial charge is 0.0445 e. The van der Waals surface area contributed by atoms with Crippen molar-refractivity contribution in [3.63, 3.8) is 0 Å². The molecule has 0 saturated heterocycles. The lowest BCUT2D eigenvalue weighted by Crippen LogP contribution is -2.54. The van der Waals surface area contributed by atoms with Crippen molar-refractivity contribution in [3.8, 4) is 0 Å². The summed E-state index contributed by atoms with van der Waals surface area (Å²) in [5, 5.41) is 12.5. The highest BCUT2D eigenvalue weighted by Gasteiger charge is 2.41. The highest BCUT2D eigenvalue weighted by molar-refractivity contribution is 4.99. The summed E-state index contributed by atoms with van der Waals surface area (Å²) in [6, 6.07) is 0.411. The molecule has 0 spiro atoms. The van der Waals surface area contributed by atoms with Crippen LogP contribution in [0.2, 0.25) is 0 Å². The zero-order chi connectivity index (χ0) is 10.6. The normalized spacial score (nSPS) is 23.1. The van der Waals surface area contributed by atoms with E-state index in [0.717, 1.165) is 18.8 Å². The average Bonchev–Trinajstić information content (AvgIpc) is 3.00. The van der Waals surface area contributed by atoms with Crippen molar-refractivity contribution >= 4 is 0 Å². The van der Waals surface area contributed by atoms with E-state index < -0.39 is 0 Å². The molecule has 0 aromatic rings. The van der Waals surface area contributed by atoms with Crippen molar-refractivity contribution in [2.45, 2.75) is 51.1 Å². The van der Waals surface area contributed by atoms with Gasteiger partial charge in [-0.1, -0.05) is 6.92 Å². The zero-order valence-corrected chi connectivity index (χ0v) is 9.42. The Morgan fingerprint density at radius 1 is 1.57 bits per heavy atom. The molecule has 3 heteroatoms. The molecule has 1 rings (SSSR count). The second-order valence-corrected chi connectivity index (χ2v) is 4.66. The predicted octanol–water partition coefficient (Wildman–Crippen LogP) is 0.864. The van der Waals surface area contributed by atoms with E-state index in [1.165, 1.54) is 12.8 Å². The first-order valence-electron chi connectivity index (χ1n) is 5.75. The lowest BCUT2D eigenvalue weighted by Gasteiger charge is -2.34. The minimum Gasteiger partial charge on any atom is -0.396 e. The maximum absolute atomic E-state index is 8.92. The van der Waals surface area contributed by atoms with E-state index in [1.807, 2.05) is 0 Å². The molecule has 2 unspecified atom stereocenters. The van der Waals surface area contributed by atoms with Crippen LogP contribution < -0.4 is 11.1 Å². The molecule has 4 N–H and O–H groups in total. The summed E-state index contributed by atoms with van der Waals surface area (Å²) in [6.45, 7) is 5.32. The van der Waals surface area contributed by atoms with Crippen LogP contribution in [-0.2, 0) is 0 Å². The van der Waals surface area contributed by atoms with Gasteiger partial charge >= 0.3 is 0 Å². The first-order chi connectivity index (χ1) is 6.66.